The first-order valence-electron chi connectivity index (χ1n) is 7.73. The molecule has 1 saturated carbocycles. The number of nitrogens with two attached hydrogens (primary N) is 1. The fourth-order valence-electron chi connectivity index (χ4n) is 3.52. The van der Waals surface area contributed by atoms with E-state index in [0.29, 0.717) is 0 Å². The average Bonchev–Trinajstić information content (AvgIpc) is 2.45. The zero-order valence-electron chi connectivity index (χ0n) is 12.3. The van der Waals surface area contributed by atoms with Gasteiger partial charge in [-0.3, -0.25) is 0 Å². The van der Waals surface area contributed by atoms with Gasteiger partial charge < -0.3 is 5.73 Å². The largest absolute Gasteiger partial charge is 0.330 e. The molecule has 1 aromatic rings. The molecule has 0 radical (unpaired) electrons. The molecule has 0 spiro atoms. The van der Waals surface area contributed by atoms with Crippen molar-refractivity contribution in [2.24, 2.45) is 17.1 Å². The van der Waals surface area contributed by atoms with Crippen molar-refractivity contribution in [2.75, 3.05) is 6.54 Å². The van der Waals surface area contributed by atoms with Gasteiger partial charge in [-0.15, -0.1) is 0 Å². The molecule has 0 saturated heterocycles. The van der Waals surface area contributed by atoms with E-state index in [2.05, 4.69) is 6.92 Å². The van der Waals surface area contributed by atoms with Crippen LogP contribution in [0.25, 0.3) is 0 Å². The second-order valence-electron chi connectivity index (χ2n) is 6.31. The second kappa shape index (κ2) is 7.15. The summed E-state index contributed by atoms with van der Waals surface area (Å²) in [6.07, 6.45) is 8.57. The van der Waals surface area contributed by atoms with Crippen molar-refractivity contribution in [3.05, 3.63) is 33.8 Å². The van der Waals surface area contributed by atoms with Crippen molar-refractivity contribution in [2.45, 2.75) is 51.9 Å². The Labute approximate surface area is 132 Å². The summed E-state index contributed by atoms with van der Waals surface area (Å²) in [6, 6.07) is 5.76. The van der Waals surface area contributed by atoms with E-state index in [0.717, 1.165) is 34.5 Å². The molecule has 3 heteroatoms. The number of halogens is 2. The van der Waals surface area contributed by atoms with Crippen molar-refractivity contribution in [3.63, 3.8) is 0 Å². The molecule has 0 aliphatic heterocycles. The zero-order chi connectivity index (χ0) is 14.6. The number of rotatable bonds is 5. The zero-order valence-corrected chi connectivity index (χ0v) is 13.8. The van der Waals surface area contributed by atoms with Crippen LogP contribution in [0.1, 0.15) is 51.0 Å². The van der Waals surface area contributed by atoms with Gasteiger partial charge in [-0.1, -0.05) is 49.0 Å². The summed E-state index contributed by atoms with van der Waals surface area (Å²) in [5, 5.41) is 1.56. The van der Waals surface area contributed by atoms with Gasteiger partial charge in [-0.2, -0.15) is 0 Å². The maximum Gasteiger partial charge on any atom is 0.0453 e. The average molecular weight is 314 g/mol. The summed E-state index contributed by atoms with van der Waals surface area (Å²) >= 11 is 12.6. The molecule has 112 valence electrons. The minimum Gasteiger partial charge on any atom is -0.330 e. The van der Waals surface area contributed by atoms with Gasteiger partial charge in [0.2, 0.25) is 0 Å². The first-order chi connectivity index (χ1) is 9.60. The third-order valence-corrected chi connectivity index (χ3v) is 5.62. The van der Waals surface area contributed by atoms with Gasteiger partial charge in [0, 0.05) is 10.0 Å². The molecule has 1 nitrogen and oxygen atoms in total. The van der Waals surface area contributed by atoms with Crippen LogP contribution < -0.4 is 5.73 Å². The Bertz CT molecular complexity index is 416. The van der Waals surface area contributed by atoms with Gasteiger partial charge in [0.05, 0.1) is 0 Å². The molecule has 0 aromatic heterocycles. The smallest absolute Gasteiger partial charge is 0.0453 e. The third-order valence-electron chi connectivity index (χ3n) is 4.91. The Kier molecular flexibility index (Phi) is 5.77. The second-order valence-corrected chi connectivity index (χ2v) is 7.13. The molecule has 1 aliphatic rings. The molecule has 1 aromatic carbocycles. The summed E-state index contributed by atoms with van der Waals surface area (Å²) < 4.78 is 0. The van der Waals surface area contributed by atoms with Crippen LogP contribution in [0.2, 0.25) is 10.0 Å². The van der Waals surface area contributed by atoms with Gasteiger partial charge in [-0.25, -0.2) is 0 Å². The molecular formula is C17H25Cl2N. The molecule has 0 unspecified atom stereocenters. The Balaban J connectivity index is 2.10. The first kappa shape index (κ1) is 16.1. The highest BCUT2D eigenvalue weighted by Crippen LogP contribution is 2.44. The van der Waals surface area contributed by atoms with Gasteiger partial charge in [0.25, 0.3) is 0 Å². The number of hydrogen-bond donors (Lipinski definition) is 1. The van der Waals surface area contributed by atoms with Crippen LogP contribution in [0.15, 0.2) is 18.2 Å². The molecular weight excluding hydrogens is 289 g/mol. The summed E-state index contributed by atoms with van der Waals surface area (Å²) in [5.41, 5.74) is 7.39. The van der Waals surface area contributed by atoms with Crippen LogP contribution in [-0.4, -0.2) is 6.54 Å². The van der Waals surface area contributed by atoms with Crippen LogP contribution in [-0.2, 0) is 6.42 Å². The number of hydrogen-bond acceptors (Lipinski definition) is 1. The van der Waals surface area contributed by atoms with Crippen LogP contribution in [0.3, 0.4) is 0 Å². The van der Waals surface area contributed by atoms with Crippen molar-refractivity contribution >= 4 is 23.2 Å². The van der Waals surface area contributed by atoms with E-state index in [4.69, 9.17) is 28.9 Å². The molecule has 20 heavy (non-hydrogen) atoms. The summed E-state index contributed by atoms with van der Waals surface area (Å²) in [6.45, 7) is 3.00. The molecule has 2 rings (SSSR count). The standard InChI is InChI=1S/C17H25Cl2N/c1-2-4-13-7-9-17(12-20,10-8-13)11-14-15(18)5-3-6-16(14)19/h3,5-6,13H,2,4,7-12,20H2,1H3. The highest BCUT2D eigenvalue weighted by atomic mass is 35.5. The van der Waals surface area contributed by atoms with Crippen molar-refractivity contribution in [1.82, 2.24) is 0 Å². The van der Waals surface area contributed by atoms with Gasteiger partial charge in [0.1, 0.15) is 0 Å². The van der Waals surface area contributed by atoms with Crippen LogP contribution in [0, 0.1) is 11.3 Å². The summed E-state index contributed by atoms with van der Waals surface area (Å²) in [7, 11) is 0. The van der Waals surface area contributed by atoms with E-state index in [1.165, 1.54) is 38.5 Å². The lowest BCUT2D eigenvalue weighted by atomic mass is 9.67. The van der Waals surface area contributed by atoms with Crippen molar-refractivity contribution in [1.29, 1.82) is 0 Å². The Hall–Kier alpha value is -0.240. The molecule has 0 atom stereocenters. The van der Waals surface area contributed by atoms with Gasteiger partial charge >= 0.3 is 0 Å². The van der Waals surface area contributed by atoms with Crippen molar-refractivity contribution in [3.8, 4) is 0 Å². The number of benzene rings is 1. The van der Waals surface area contributed by atoms with Crippen LogP contribution >= 0.6 is 23.2 Å². The predicted octanol–water partition coefficient (Wildman–Crippen LogP) is 5.47. The van der Waals surface area contributed by atoms with Crippen LogP contribution in [0.4, 0.5) is 0 Å². The lowest BCUT2D eigenvalue weighted by Crippen LogP contribution is -2.37. The Morgan fingerprint density at radius 1 is 1.20 bits per heavy atom. The van der Waals surface area contributed by atoms with E-state index in [9.17, 15) is 0 Å². The Morgan fingerprint density at radius 2 is 1.80 bits per heavy atom. The molecule has 0 amide bonds. The van der Waals surface area contributed by atoms with Crippen molar-refractivity contribution < 1.29 is 0 Å². The van der Waals surface area contributed by atoms with E-state index < -0.39 is 0 Å². The minimum absolute atomic E-state index is 0.193. The molecule has 0 heterocycles. The van der Waals surface area contributed by atoms with E-state index in [1.807, 2.05) is 18.2 Å². The third kappa shape index (κ3) is 3.69. The van der Waals surface area contributed by atoms with Crippen LogP contribution in [0.5, 0.6) is 0 Å². The monoisotopic (exact) mass is 313 g/mol. The van der Waals surface area contributed by atoms with Gasteiger partial charge in [-0.05, 0) is 67.7 Å². The molecule has 1 aliphatic carbocycles. The normalized spacial score (nSPS) is 26.7. The molecule has 2 N–H and O–H groups in total. The molecule has 1 fully saturated rings. The Morgan fingerprint density at radius 3 is 2.30 bits per heavy atom. The highest BCUT2D eigenvalue weighted by Gasteiger charge is 2.35. The van der Waals surface area contributed by atoms with E-state index in [1.54, 1.807) is 0 Å². The molecule has 0 bridgehead atoms. The fourth-order valence-corrected chi connectivity index (χ4v) is 4.05. The SMILES string of the molecule is CCCC1CCC(CN)(Cc2c(Cl)cccc2Cl)CC1. The predicted molar refractivity (Wildman–Crippen MR) is 88.5 cm³/mol. The first-order valence-corrected chi connectivity index (χ1v) is 8.49. The fraction of sp³-hybridized carbons (Fsp3) is 0.647. The van der Waals surface area contributed by atoms with Gasteiger partial charge in [0.15, 0.2) is 0 Å². The summed E-state index contributed by atoms with van der Waals surface area (Å²) in [4.78, 5) is 0. The topological polar surface area (TPSA) is 26.0 Å². The quantitative estimate of drug-likeness (QED) is 0.766. The van der Waals surface area contributed by atoms with E-state index in [-0.39, 0.29) is 5.41 Å². The lowest BCUT2D eigenvalue weighted by molar-refractivity contribution is 0.151. The van der Waals surface area contributed by atoms with E-state index >= 15 is 0 Å². The minimum atomic E-state index is 0.193. The summed E-state index contributed by atoms with van der Waals surface area (Å²) in [5.74, 6) is 0.890. The lowest BCUT2D eigenvalue weighted by Gasteiger charge is -2.40. The maximum absolute atomic E-state index is 6.32. The maximum atomic E-state index is 6.32. The highest BCUT2D eigenvalue weighted by molar-refractivity contribution is 6.36.